The quantitative estimate of drug-likeness (QED) is 0.404. The van der Waals surface area contributed by atoms with Crippen molar-refractivity contribution in [3.63, 3.8) is 0 Å². The smallest absolute Gasteiger partial charge is 0.269 e. The normalized spacial score (nSPS) is 10.6. The predicted octanol–water partition coefficient (Wildman–Crippen LogP) is 4.08. The zero-order chi connectivity index (χ0) is 20.8. The molecule has 150 valence electrons. The number of nitrogens with zero attached hydrogens (tertiary/aromatic N) is 3. The summed E-state index contributed by atoms with van der Waals surface area (Å²) in [5, 5.41) is 17.9. The molecule has 1 amide bonds. The SMILES string of the molecule is CCn1cc(Br)c(CNC(=O)c2cccc(COc3ccc([N+](=O)[O-])cc3)c2)n1. The van der Waals surface area contributed by atoms with Crippen LogP contribution in [0.15, 0.2) is 59.2 Å². The van der Waals surface area contributed by atoms with Crippen molar-refractivity contribution in [3.8, 4) is 5.75 Å². The first-order valence-corrected chi connectivity index (χ1v) is 9.71. The summed E-state index contributed by atoms with van der Waals surface area (Å²) in [5.74, 6) is 0.307. The van der Waals surface area contributed by atoms with Crippen molar-refractivity contribution < 1.29 is 14.5 Å². The second-order valence-corrected chi connectivity index (χ2v) is 7.06. The van der Waals surface area contributed by atoms with E-state index in [0.29, 0.717) is 17.9 Å². The van der Waals surface area contributed by atoms with Crippen LogP contribution in [0.25, 0.3) is 0 Å². The van der Waals surface area contributed by atoms with E-state index in [0.717, 1.165) is 22.3 Å². The average Bonchev–Trinajstić information content (AvgIpc) is 3.10. The Morgan fingerprint density at radius 1 is 1.28 bits per heavy atom. The van der Waals surface area contributed by atoms with E-state index >= 15 is 0 Å². The number of nitrogens with one attached hydrogen (secondary N) is 1. The largest absolute Gasteiger partial charge is 0.489 e. The van der Waals surface area contributed by atoms with Crippen LogP contribution in [0.4, 0.5) is 5.69 Å². The number of ether oxygens (including phenoxy) is 1. The summed E-state index contributed by atoms with van der Waals surface area (Å²) in [5.41, 5.74) is 2.09. The maximum atomic E-state index is 12.5. The molecule has 0 aliphatic carbocycles. The number of aryl methyl sites for hydroxylation is 1. The maximum absolute atomic E-state index is 12.5. The first kappa shape index (κ1) is 20.5. The number of rotatable bonds is 8. The van der Waals surface area contributed by atoms with Crippen molar-refractivity contribution >= 4 is 27.5 Å². The van der Waals surface area contributed by atoms with Crippen molar-refractivity contribution in [2.75, 3.05) is 0 Å². The molecule has 0 atom stereocenters. The molecule has 0 saturated carbocycles. The molecule has 1 aromatic heterocycles. The van der Waals surface area contributed by atoms with Gasteiger partial charge >= 0.3 is 0 Å². The molecule has 2 aromatic carbocycles. The summed E-state index contributed by atoms with van der Waals surface area (Å²) in [6.07, 6.45) is 1.87. The number of halogens is 1. The molecule has 0 unspecified atom stereocenters. The third kappa shape index (κ3) is 5.41. The number of benzene rings is 2. The molecular formula is C20H19BrN4O4. The summed E-state index contributed by atoms with van der Waals surface area (Å²) >= 11 is 3.44. The van der Waals surface area contributed by atoms with E-state index in [9.17, 15) is 14.9 Å². The molecular weight excluding hydrogens is 440 g/mol. The lowest BCUT2D eigenvalue weighted by molar-refractivity contribution is -0.384. The maximum Gasteiger partial charge on any atom is 0.269 e. The summed E-state index contributed by atoms with van der Waals surface area (Å²) < 4.78 is 8.29. The number of aromatic nitrogens is 2. The Morgan fingerprint density at radius 3 is 2.69 bits per heavy atom. The second kappa shape index (κ2) is 9.33. The molecule has 0 saturated heterocycles. The monoisotopic (exact) mass is 458 g/mol. The van der Waals surface area contributed by atoms with Crippen molar-refractivity contribution in [2.45, 2.75) is 26.6 Å². The van der Waals surface area contributed by atoms with Gasteiger partial charge < -0.3 is 10.1 Å². The fourth-order valence-corrected chi connectivity index (χ4v) is 3.07. The van der Waals surface area contributed by atoms with Gasteiger partial charge in [-0.15, -0.1) is 0 Å². The minimum atomic E-state index is -0.461. The highest BCUT2D eigenvalue weighted by Crippen LogP contribution is 2.19. The molecule has 0 aliphatic heterocycles. The van der Waals surface area contributed by atoms with Crippen LogP contribution >= 0.6 is 15.9 Å². The Labute approximate surface area is 175 Å². The van der Waals surface area contributed by atoms with E-state index in [-0.39, 0.29) is 18.2 Å². The number of non-ortho nitro benzene ring substituents is 1. The molecule has 3 rings (SSSR count). The van der Waals surface area contributed by atoms with Crippen LogP contribution < -0.4 is 10.1 Å². The van der Waals surface area contributed by atoms with Crippen molar-refractivity contribution in [1.29, 1.82) is 0 Å². The minimum Gasteiger partial charge on any atom is -0.489 e. The molecule has 0 radical (unpaired) electrons. The Hall–Kier alpha value is -3.20. The van der Waals surface area contributed by atoms with Crippen molar-refractivity contribution in [1.82, 2.24) is 15.1 Å². The summed E-state index contributed by atoms with van der Waals surface area (Å²) in [6, 6.07) is 13.0. The van der Waals surface area contributed by atoms with Crippen molar-refractivity contribution in [2.24, 2.45) is 0 Å². The molecule has 8 nitrogen and oxygen atoms in total. The zero-order valence-corrected chi connectivity index (χ0v) is 17.3. The fraction of sp³-hybridized carbons (Fsp3) is 0.200. The number of amides is 1. The van der Waals surface area contributed by atoms with Gasteiger partial charge in [-0.1, -0.05) is 12.1 Å². The van der Waals surface area contributed by atoms with E-state index in [1.54, 1.807) is 35.0 Å². The van der Waals surface area contributed by atoms with Gasteiger partial charge in [0, 0.05) is 30.4 Å². The van der Waals surface area contributed by atoms with Gasteiger partial charge in [-0.25, -0.2) is 0 Å². The highest BCUT2D eigenvalue weighted by atomic mass is 79.9. The first-order chi connectivity index (χ1) is 14.0. The van der Waals surface area contributed by atoms with E-state index in [4.69, 9.17) is 4.74 Å². The second-order valence-electron chi connectivity index (χ2n) is 6.20. The molecule has 29 heavy (non-hydrogen) atoms. The van der Waals surface area contributed by atoms with Crippen LogP contribution in [0.1, 0.15) is 28.5 Å². The molecule has 1 heterocycles. The van der Waals surface area contributed by atoms with E-state index < -0.39 is 4.92 Å². The molecule has 0 aliphatic rings. The number of nitro groups is 1. The van der Waals surface area contributed by atoms with Gasteiger partial charge in [0.05, 0.1) is 21.6 Å². The number of nitro benzene ring substituents is 1. The van der Waals surface area contributed by atoms with Gasteiger partial charge in [0.15, 0.2) is 0 Å². The number of hydrogen-bond donors (Lipinski definition) is 1. The van der Waals surface area contributed by atoms with Crippen molar-refractivity contribution in [3.05, 3.63) is 86.1 Å². The van der Waals surface area contributed by atoms with E-state index in [1.165, 1.54) is 12.1 Å². The first-order valence-electron chi connectivity index (χ1n) is 8.92. The summed E-state index contributed by atoms with van der Waals surface area (Å²) in [4.78, 5) is 22.7. The number of hydrogen-bond acceptors (Lipinski definition) is 5. The molecule has 0 fully saturated rings. The van der Waals surface area contributed by atoms with Crippen LogP contribution in [-0.2, 0) is 19.7 Å². The number of carbonyl (C=O) groups is 1. The van der Waals surface area contributed by atoms with Crippen LogP contribution in [0.3, 0.4) is 0 Å². The Balaban J connectivity index is 1.58. The lowest BCUT2D eigenvalue weighted by atomic mass is 10.1. The minimum absolute atomic E-state index is 0.00595. The summed E-state index contributed by atoms with van der Waals surface area (Å²) in [7, 11) is 0. The lowest BCUT2D eigenvalue weighted by Gasteiger charge is -2.08. The van der Waals surface area contributed by atoms with Gasteiger partial charge in [0.25, 0.3) is 11.6 Å². The third-order valence-corrected chi connectivity index (χ3v) is 4.83. The van der Waals surface area contributed by atoms with E-state index in [1.807, 2.05) is 19.2 Å². The average molecular weight is 459 g/mol. The number of carbonyl (C=O) groups excluding carboxylic acids is 1. The zero-order valence-electron chi connectivity index (χ0n) is 15.7. The molecule has 1 N–H and O–H groups in total. The predicted molar refractivity (Wildman–Crippen MR) is 111 cm³/mol. The Morgan fingerprint density at radius 2 is 2.03 bits per heavy atom. The van der Waals surface area contributed by atoms with Crippen LogP contribution in [-0.4, -0.2) is 20.6 Å². The molecule has 0 bridgehead atoms. The lowest BCUT2D eigenvalue weighted by Crippen LogP contribution is -2.23. The molecule has 9 heteroatoms. The third-order valence-electron chi connectivity index (χ3n) is 4.17. The van der Waals surface area contributed by atoms with E-state index in [2.05, 4.69) is 26.3 Å². The fourth-order valence-electron chi connectivity index (χ4n) is 2.62. The van der Waals surface area contributed by atoms with Crippen LogP contribution in [0.2, 0.25) is 0 Å². The Kier molecular flexibility index (Phi) is 6.61. The van der Waals surface area contributed by atoms with Gasteiger partial charge in [0.2, 0.25) is 0 Å². The van der Waals surface area contributed by atoms with Gasteiger partial charge in [-0.3, -0.25) is 19.6 Å². The highest BCUT2D eigenvalue weighted by molar-refractivity contribution is 9.10. The van der Waals surface area contributed by atoms with Crippen LogP contribution in [0.5, 0.6) is 5.75 Å². The topological polar surface area (TPSA) is 99.3 Å². The highest BCUT2D eigenvalue weighted by Gasteiger charge is 2.11. The van der Waals surface area contributed by atoms with Crippen LogP contribution in [0, 0.1) is 10.1 Å². The molecule has 0 spiro atoms. The Bertz CT molecular complexity index is 1020. The van der Waals surface area contributed by atoms with Gasteiger partial charge in [-0.2, -0.15) is 5.10 Å². The standard InChI is InChI=1S/C20H19BrN4O4/c1-2-24-12-18(21)19(23-24)11-22-20(26)15-5-3-4-14(10-15)13-29-17-8-6-16(7-9-17)25(27)28/h3-10,12H,2,11,13H2,1H3,(H,22,26). The van der Waals surface area contributed by atoms with Gasteiger partial charge in [-0.05, 0) is 52.7 Å². The summed E-state index contributed by atoms with van der Waals surface area (Å²) in [6.45, 7) is 3.30. The van der Waals surface area contributed by atoms with Gasteiger partial charge in [0.1, 0.15) is 12.4 Å². The molecule has 3 aromatic rings.